The molecule has 1 N–H and O–H groups in total. The summed E-state index contributed by atoms with van der Waals surface area (Å²) in [5, 5.41) is 0. The Kier molecular flexibility index (Phi) is 5.35. The van der Waals surface area contributed by atoms with Gasteiger partial charge in [0.2, 0.25) is 10.0 Å². The van der Waals surface area contributed by atoms with Gasteiger partial charge in [0.05, 0.1) is 34.4 Å². The molecule has 1 aliphatic heterocycles. The van der Waals surface area contributed by atoms with E-state index in [0.717, 1.165) is 27.1 Å². The maximum absolute atomic E-state index is 13.4. The van der Waals surface area contributed by atoms with E-state index in [0.29, 0.717) is 24.7 Å². The van der Waals surface area contributed by atoms with Crippen LogP contribution in [0, 0.1) is 0 Å². The first-order valence-corrected chi connectivity index (χ1v) is 12.2. The second-order valence-electron chi connectivity index (χ2n) is 7.16. The maximum Gasteiger partial charge on any atom is 0.241 e. The first-order valence-electron chi connectivity index (χ1n) is 9.91. The highest BCUT2D eigenvalue weighted by molar-refractivity contribution is 7.89. The summed E-state index contributed by atoms with van der Waals surface area (Å²) in [6.07, 6.45) is 2.49. The van der Waals surface area contributed by atoms with Crippen molar-refractivity contribution in [2.24, 2.45) is 0 Å². The summed E-state index contributed by atoms with van der Waals surface area (Å²) in [6.45, 7) is 1.04. The normalized spacial score (nSPS) is 14.8. The van der Waals surface area contributed by atoms with Gasteiger partial charge in [-0.2, -0.15) is 4.72 Å². The van der Waals surface area contributed by atoms with Crippen LogP contribution in [0.15, 0.2) is 77.8 Å². The number of sulfonamides is 1. The monoisotopic (exact) mass is 452 g/mol. The zero-order valence-electron chi connectivity index (χ0n) is 16.5. The van der Waals surface area contributed by atoms with Crippen LogP contribution in [0.2, 0.25) is 0 Å². The van der Waals surface area contributed by atoms with Crippen LogP contribution >= 0.6 is 11.3 Å². The molecule has 8 heteroatoms. The molecule has 3 heterocycles. The van der Waals surface area contributed by atoms with Crippen LogP contribution in [0.4, 0.5) is 0 Å². The highest BCUT2D eigenvalue weighted by Gasteiger charge is 2.26. The topological polar surface area (TPSA) is 77.5 Å². The van der Waals surface area contributed by atoms with E-state index >= 15 is 0 Å². The SMILES string of the molecule is O=S(=O)(N[C@@H](c1ccccc1)c1cc2ncccc2s1)c1ccc2c(c1)OCCCO2. The molecule has 0 saturated heterocycles. The molecule has 0 radical (unpaired) electrons. The molecule has 0 unspecified atom stereocenters. The molecular formula is C23H20N2O4S2. The first-order chi connectivity index (χ1) is 15.1. The fourth-order valence-electron chi connectivity index (χ4n) is 3.50. The fraction of sp³-hybridized carbons (Fsp3) is 0.174. The number of fused-ring (bicyclic) bond motifs is 2. The van der Waals surface area contributed by atoms with Gasteiger partial charge in [0.15, 0.2) is 11.5 Å². The Balaban J connectivity index is 1.54. The predicted molar refractivity (Wildman–Crippen MR) is 120 cm³/mol. The number of hydrogen-bond donors (Lipinski definition) is 1. The van der Waals surface area contributed by atoms with Crippen molar-refractivity contribution in [3.8, 4) is 11.5 Å². The van der Waals surface area contributed by atoms with E-state index in [4.69, 9.17) is 9.47 Å². The minimum Gasteiger partial charge on any atom is -0.490 e. The van der Waals surface area contributed by atoms with Crippen molar-refractivity contribution in [2.75, 3.05) is 13.2 Å². The zero-order valence-corrected chi connectivity index (χ0v) is 18.2. The zero-order chi connectivity index (χ0) is 21.3. The van der Waals surface area contributed by atoms with Gasteiger partial charge in [-0.1, -0.05) is 30.3 Å². The van der Waals surface area contributed by atoms with Gasteiger partial charge in [0.1, 0.15) is 0 Å². The Bertz CT molecular complexity index is 1290. The molecule has 1 aliphatic rings. The van der Waals surface area contributed by atoms with Gasteiger partial charge < -0.3 is 9.47 Å². The second kappa shape index (κ2) is 8.30. The van der Waals surface area contributed by atoms with E-state index < -0.39 is 16.1 Å². The number of nitrogens with one attached hydrogen (secondary N) is 1. The Morgan fingerprint density at radius 1 is 0.935 bits per heavy atom. The van der Waals surface area contributed by atoms with Crippen molar-refractivity contribution in [3.05, 3.63) is 83.4 Å². The van der Waals surface area contributed by atoms with E-state index in [1.807, 2.05) is 48.5 Å². The molecule has 2 aromatic heterocycles. The number of aromatic nitrogens is 1. The van der Waals surface area contributed by atoms with Crippen LogP contribution in [0.1, 0.15) is 22.9 Å². The van der Waals surface area contributed by atoms with Crippen molar-refractivity contribution in [1.29, 1.82) is 0 Å². The number of hydrogen-bond acceptors (Lipinski definition) is 6. The lowest BCUT2D eigenvalue weighted by atomic mass is 10.1. The summed E-state index contributed by atoms with van der Waals surface area (Å²) in [5.41, 5.74) is 1.70. The minimum atomic E-state index is -3.84. The lowest BCUT2D eigenvalue weighted by Crippen LogP contribution is -2.29. The molecule has 0 aliphatic carbocycles. The summed E-state index contributed by atoms with van der Waals surface area (Å²) in [6, 6.07) is 19.5. The lowest BCUT2D eigenvalue weighted by Gasteiger charge is -2.19. The average molecular weight is 453 g/mol. The lowest BCUT2D eigenvalue weighted by molar-refractivity contribution is 0.297. The molecule has 0 bridgehead atoms. The quantitative estimate of drug-likeness (QED) is 0.482. The molecule has 0 spiro atoms. The Morgan fingerprint density at radius 2 is 1.74 bits per heavy atom. The average Bonchev–Trinajstić information content (AvgIpc) is 3.08. The number of thiophene rings is 1. The van der Waals surface area contributed by atoms with Gasteiger partial charge >= 0.3 is 0 Å². The summed E-state index contributed by atoms with van der Waals surface area (Å²) in [7, 11) is -3.84. The Hall–Kier alpha value is -2.94. The number of ether oxygens (including phenoxy) is 2. The third-order valence-corrected chi connectivity index (χ3v) is 7.60. The number of rotatable bonds is 5. The second-order valence-corrected chi connectivity index (χ2v) is 9.99. The summed E-state index contributed by atoms with van der Waals surface area (Å²) in [5.74, 6) is 1.01. The molecular weight excluding hydrogens is 432 g/mol. The van der Waals surface area contributed by atoms with E-state index in [-0.39, 0.29) is 4.90 Å². The number of nitrogens with zero attached hydrogens (tertiary/aromatic N) is 1. The smallest absolute Gasteiger partial charge is 0.241 e. The van der Waals surface area contributed by atoms with Crippen molar-refractivity contribution < 1.29 is 17.9 Å². The van der Waals surface area contributed by atoms with Crippen LogP contribution in [0.3, 0.4) is 0 Å². The van der Waals surface area contributed by atoms with Gasteiger partial charge in [-0.15, -0.1) is 11.3 Å². The molecule has 6 nitrogen and oxygen atoms in total. The molecule has 5 rings (SSSR count). The Labute approximate surface area is 184 Å². The van der Waals surface area contributed by atoms with Crippen LogP contribution in [0.25, 0.3) is 10.2 Å². The standard InChI is InChI=1S/C23H20N2O4S2/c26-31(27,17-9-10-19-20(14-17)29-13-5-12-28-19)25-23(16-6-2-1-3-7-16)22-15-18-21(30-22)8-4-11-24-18/h1-4,6-11,14-15,23,25H,5,12-13H2/t23-/m0/s1. The molecule has 0 fully saturated rings. The summed E-state index contributed by atoms with van der Waals surface area (Å²) in [4.78, 5) is 5.40. The number of benzene rings is 2. The minimum absolute atomic E-state index is 0.136. The first kappa shape index (κ1) is 20.0. The van der Waals surface area contributed by atoms with Crippen molar-refractivity contribution in [1.82, 2.24) is 9.71 Å². The van der Waals surface area contributed by atoms with E-state index in [2.05, 4.69) is 9.71 Å². The summed E-state index contributed by atoms with van der Waals surface area (Å²) < 4.78 is 41.9. The Morgan fingerprint density at radius 3 is 2.55 bits per heavy atom. The van der Waals surface area contributed by atoms with Crippen molar-refractivity contribution in [2.45, 2.75) is 17.4 Å². The van der Waals surface area contributed by atoms with Gasteiger partial charge in [-0.05, 0) is 35.9 Å². The molecule has 4 aromatic rings. The van der Waals surface area contributed by atoms with Crippen LogP contribution in [0.5, 0.6) is 11.5 Å². The molecule has 2 aromatic carbocycles. The fourth-order valence-corrected chi connectivity index (χ4v) is 5.89. The van der Waals surface area contributed by atoms with Crippen molar-refractivity contribution in [3.63, 3.8) is 0 Å². The highest BCUT2D eigenvalue weighted by Crippen LogP contribution is 2.35. The highest BCUT2D eigenvalue weighted by atomic mass is 32.2. The van der Waals surface area contributed by atoms with E-state index in [9.17, 15) is 8.42 Å². The van der Waals surface area contributed by atoms with Crippen molar-refractivity contribution >= 4 is 31.6 Å². The molecule has 1 atom stereocenters. The third kappa shape index (κ3) is 4.14. The predicted octanol–water partition coefficient (Wildman–Crippen LogP) is 4.53. The van der Waals surface area contributed by atoms with Gasteiger partial charge in [0, 0.05) is 23.6 Å². The van der Waals surface area contributed by atoms with E-state index in [1.165, 1.54) is 17.4 Å². The molecule has 0 saturated carbocycles. The largest absolute Gasteiger partial charge is 0.490 e. The van der Waals surface area contributed by atoms with Crippen LogP contribution < -0.4 is 14.2 Å². The summed E-state index contributed by atoms with van der Waals surface area (Å²) >= 11 is 1.53. The van der Waals surface area contributed by atoms with E-state index in [1.54, 1.807) is 18.3 Å². The molecule has 0 amide bonds. The molecule has 31 heavy (non-hydrogen) atoms. The molecule has 158 valence electrons. The number of pyridine rings is 1. The van der Waals surface area contributed by atoms with Gasteiger partial charge in [-0.3, -0.25) is 4.98 Å². The van der Waals surface area contributed by atoms with Crippen LogP contribution in [-0.4, -0.2) is 26.6 Å². The maximum atomic E-state index is 13.4. The third-order valence-electron chi connectivity index (χ3n) is 5.03. The van der Waals surface area contributed by atoms with Gasteiger partial charge in [-0.25, -0.2) is 8.42 Å². The van der Waals surface area contributed by atoms with Gasteiger partial charge in [0.25, 0.3) is 0 Å². The van der Waals surface area contributed by atoms with Crippen LogP contribution in [-0.2, 0) is 10.0 Å².